The van der Waals surface area contributed by atoms with Crippen LogP contribution < -0.4 is 5.73 Å². The number of nitrogens with zero attached hydrogens (tertiary/aromatic N) is 1. The van der Waals surface area contributed by atoms with Crippen molar-refractivity contribution in [3.63, 3.8) is 0 Å². The number of amides is 2. The molecule has 3 rings (SSSR count). The normalized spacial score (nSPS) is 17.3. The zero-order valence-electron chi connectivity index (χ0n) is 14.9. The number of nitrogens with two attached hydrogens (primary N) is 1. The summed E-state index contributed by atoms with van der Waals surface area (Å²) in [7, 11) is 0. The molecule has 1 aromatic carbocycles. The first kappa shape index (κ1) is 18.2. The minimum atomic E-state index is -0.604. The van der Waals surface area contributed by atoms with Gasteiger partial charge in [-0.15, -0.1) is 0 Å². The number of carbonyl (C=O) groups is 2. The lowest BCUT2D eigenvalue weighted by atomic mass is 10.1. The molecule has 2 N–H and O–H groups in total. The van der Waals surface area contributed by atoms with Gasteiger partial charge >= 0.3 is 0 Å². The molecule has 1 fully saturated rings. The lowest BCUT2D eigenvalue weighted by Gasteiger charge is -2.32. The third kappa shape index (κ3) is 4.14. The molecule has 2 heterocycles. The fourth-order valence-electron chi connectivity index (χ4n) is 3.13. The molecule has 0 aliphatic carbocycles. The maximum atomic E-state index is 12.7. The third-order valence-corrected chi connectivity index (χ3v) is 4.49. The molecule has 0 unspecified atom stereocenters. The highest BCUT2D eigenvalue weighted by Crippen LogP contribution is 2.23. The average molecular weight is 356 g/mol. The first-order chi connectivity index (χ1) is 12.6. The van der Waals surface area contributed by atoms with Crippen molar-refractivity contribution in [3.8, 4) is 11.3 Å². The van der Waals surface area contributed by atoms with Crippen LogP contribution in [0.4, 0.5) is 0 Å². The molecular weight excluding hydrogens is 332 g/mol. The van der Waals surface area contributed by atoms with Gasteiger partial charge in [-0.25, -0.2) is 0 Å². The van der Waals surface area contributed by atoms with Crippen LogP contribution in [0.15, 0.2) is 40.8 Å². The SMILES string of the molecule is CCCO[C@@H]1CCCN(C(=O)c2ccc(-c3ccc(C(N)=O)o3)cc2)C1. The molecular formula is C20H24N2O4. The van der Waals surface area contributed by atoms with Crippen LogP contribution in [-0.2, 0) is 4.74 Å². The second-order valence-electron chi connectivity index (χ2n) is 6.49. The highest BCUT2D eigenvalue weighted by atomic mass is 16.5. The minimum absolute atomic E-state index is 0.0126. The molecule has 1 aliphatic heterocycles. The van der Waals surface area contributed by atoms with Crippen molar-refractivity contribution in [1.29, 1.82) is 0 Å². The summed E-state index contributed by atoms with van der Waals surface area (Å²) < 4.78 is 11.2. The molecule has 138 valence electrons. The van der Waals surface area contributed by atoms with E-state index in [1.165, 1.54) is 0 Å². The van der Waals surface area contributed by atoms with E-state index in [1.54, 1.807) is 24.3 Å². The molecule has 6 nitrogen and oxygen atoms in total. The quantitative estimate of drug-likeness (QED) is 0.862. The van der Waals surface area contributed by atoms with E-state index in [4.69, 9.17) is 14.9 Å². The van der Waals surface area contributed by atoms with Crippen LogP contribution in [-0.4, -0.2) is 42.5 Å². The van der Waals surface area contributed by atoms with Gasteiger partial charge in [-0.05, 0) is 43.5 Å². The Bertz CT molecular complexity index is 766. The zero-order valence-corrected chi connectivity index (χ0v) is 14.9. The minimum Gasteiger partial charge on any atom is -0.451 e. The number of hydrogen-bond donors (Lipinski definition) is 1. The van der Waals surface area contributed by atoms with E-state index in [0.717, 1.165) is 38.0 Å². The van der Waals surface area contributed by atoms with Crippen LogP contribution in [0.3, 0.4) is 0 Å². The second-order valence-corrected chi connectivity index (χ2v) is 6.49. The number of ether oxygens (including phenoxy) is 1. The van der Waals surface area contributed by atoms with Gasteiger partial charge in [-0.1, -0.05) is 19.1 Å². The molecule has 1 saturated heterocycles. The van der Waals surface area contributed by atoms with Gasteiger partial charge in [0.2, 0.25) is 0 Å². The standard InChI is InChI=1S/C20H24N2O4/c1-2-12-25-16-4-3-11-22(13-16)20(24)15-7-5-14(6-8-15)17-9-10-18(26-17)19(21)23/h5-10,16H,2-4,11-13H2,1H3,(H2,21,23)/t16-/m1/s1. The van der Waals surface area contributed by atoms with Gasteiger partial charge in [0.05, 0.1) is 6.10 Å². The van der Waals surface area contributed by atoms with Gasteiger partial charge in [0.25, 0.3) is 11.8 Å². The van der Waals surface area contributed by atoms with Crippen LogP contribution in [0, 0.1) is 0 Å². The molecule has 0 spiro atoms. The maximum absolute atomic E-state index is 12.7. The summed E-state index contributed by atoms with van der Waals surface area (Å²) in [5, 5.41) is 0. The number of likely N-dealkylation sites (tertiary alicyclic amines) is 1. The van der Waals surface area contributed by atoms with E-state index >= 15 is 0 Å². The molecule has 0 saturated carbocycles. The Hall–Kier alpha value is -2.60. The molecule has 26 heavy (non-hydrogen) atoms. The van der Waals surface area contributed by atoms with Gasteiger partial charge in [0, 0.05) is 30.8 Å². The monoisotopic (exact) mass is 356 g/mol. The number of furan rings is 1. The predicted octanol–water partition coefficient (Wildman–Crippen LogP) is 3.08. The number of carbonyl (C=O) groups excluding carboxylic acids is 2. The third-order valence-electron chi connectivity index (χ3n) is 4.49. The fraction of sp³-hybridized carbons (Fsp3) is 0.400. The van der Waals surface area contributed by atoms with E-state index in [-0.39, 0.29) is 17.8 Å². The molecule has 1 aromatic heterocycles. The summed E-state index contributed by atoms with van der Waals surface area (Å²) in [4.78, 5) is 25.7. The Morgan fingerprint density at radius 1 is 1.23 bits per heavy atom. The van der Waals surface area contributed by atoms with Crippen LogP contribution in [0.1, 0.15) is 47.1 Å². The molecule has 1 aliphatic rings. The number of rotatable bonds is 6. The first-order valence-corrected chi connectivity index (χ1v) is 8.99. The predicted molar refractivity (Wildman–Crippen MR) is 97.8 cm³/mol. The Morgan fingerprint density at radius 2 is 2.00 bits per heavy atom. The molecule has 2 amide bonds. The van der Waals surface area contributed by atoms with Crippen molar-refractivity contribution in [2.24, 2.45) is 5.73 Å². The molecule has 0 bridgehead atoms. The van der Waals surface area contributed by atoms with Crippen molar-refractivity contribution in [3.05, 3.63) is 47.7 Å². The van der Waals surface area contributed by atoms with Crippen LogP contribution in [0.5, 0.6) is 0 Å². The number of piperidine rings is 1. The van der Waals surface area contributed by atoms with Crippen molar-refractivity contribution < 1.29 is 18.7 Å². The second kappa shape index (κ2) is 8.19. The Balaban J connectivity index is 1.67. The molecule has 6 heteroatoms. The lowest BCUT2D eigenvalue weighted by Crippen LogP contribution is -2.43. The summed E-state index contributed by atoms with van der Waals surface area (Å²) in [6.45, 7) is 4.21. The van der Waals surface area contributed by atoms with Crippen molar-refractivity contribution in [2.75, 3.05) is 19.7 Å². The van der Waals surface area contributed by atoms with Crippen molar-refractivity contribution in [2.45, 2.75) is 32.3 Å². The van der Waals surface area contributed by atoms with E-state index in [1.807, 2.05) is 17.0 Å². The van der Waals surface area contributed by atoms with Crippen molar-refractivity contribution >= 4 is 11.8 Å². The van der Waals surface area contributed by atoms with E-state index < -0.39 is 5.91 Å². The number of benzene rings is 1. The Kier molecular flexibility index (Phi) is 5.73. The topological polar surface area (TPSA) is 85.8 Å². The Labute approximate surface area is 152 Å². The molecule has 0 radical (unpaired) electrons. The van der Waals surface area contributed by atoms with E-state index in [9.17, 15) is 9.59 Å². The average Bonchev–Trinajstić information content (AvgIpc) is 3.17. The first-order valence-electron chi connectivity index (χ1n) is 8.99. The van der Waals surface area contributed by atoms with Crippen LogP contribution in [0.25, 0.3) is 11.3 Å². The summed E-state index contributed by atoms with van der Waals surface area (Å²) in [5.41, 5.74) is 6.62. The summed E-state index contributed by atoms with van der Waals surface area (Å²) in [6.07, 6.45) is 3.07. The van der Waals surface area contributed by atoms with E-state index in [2.05, 4.69) is 6.92 Å². The van der Waals surface area contributed by atoms with Crippen LogP contribution in [0.2, 0.25) is 0 Å². The zero-order chi connectivity index (χ0) is 18.5. The lowest BCUT2D eigenvalue weighted by molar-refractivity contribution is 0.00211. The summed E-state index contributed by atoms with van der Waals surface area (Å²) in [6, 6.07) is 10.4. The number of primary amides is 1. The van der Waals surface area contributed by atoms with E-state index in [0.29, 0.717) is 17.9 Å². The molecule has 2 aromatic rings. The van der Waals surface area contributed by atoms with Gasteiger partial charge in [0.1, 0.15) is 5.76 Å². The smallest absolute Gasteiger partial charge is 0.284 e. The van der Waals surface area contributed by atoms with Crippen molar-refractivity contribution in [1.82, 2.24) is 4.90 Å². The highest BCUT2D eigenvalue weighted by molar-refractivity contribution is 5.95. The summed E-state index contributed by atoms with van der Waals surface area (Å²) in [5.74, 6) is 0.0713. The van der Waals surface area contributed by atoms with Gasteiger partial charge in [0.15, 0.2) is 5.76 Å². The van der Waals surface area contributed by atoms with Gasteiger partial charge < -0.3 is 19.8 Å². The maximum Gasteiger partial charge on any atom is 0.284 e. The Morgan fingerprint density at radius 3 is 2.65 bits per heavy atom. The highest BCUT2D eigenvalue weighted by Gasteiger charge is 2.24. The fourth-order valence-corrected chi connectivity index (χ4v) is 3.13. The molecule has 1 atom stereocenters. The largest absolute Gasteiger partial charge is 0.451 e. The number of hydrogen-bond acceptors (Lipinski definition) is 4. The summed E-state index contributed by atoms with van der Waals surface area (Å²) >= 11 is 0. The van der Waals surface area contributed by atoms with Gasteiger partial charge in [-0.3, -0.25) is 9.59 Å². The van der Waals surface area contributed by atoms with Gasteiger partial charge in [-0.2, -0.15) is 0 Å². The van der Waals surface area contributed by atoms with Crippen LogP contribution >= 0.6 is 0 Å².